The zero-order valence-electron chi connectivity index (χ0n) is 25.0. The lowest BCUT2D eigenvalue weighted by Gasteiger charge is -2.15. The van der Waals surface area contributed by atoms with E-state index >= 15 is 0 Å². The summed E-state index contributed by atoms with van der Waals surface area (Å²) >= 11 is 0. The molecule has 4 aromatic carbocycles. The number of aromatic nitrogens is 7. The van der Waals surface area contributed by atoms with E-state index in [1.54, 1.807) is 6.07 Å². The highest BCUT2D eigenvalue weighted by molar-refractivity contribution is 6.10. The lowest BCUT2D eigenvalue weighted by Crippen LogP contribution is -2.04. The summed E-state index contributed by atoms with van der Waals surface area (Å²) in [4.78, 5) is 34.7. The van der Waals surface area contributed by atoms with Gasteiger partial charge in [0.1, 0.15) is 23.3 Å². The van der Waals surface area contributed by atoms with Crippen molar-refractivity contribution in [2.75, 3.05) is 0 Å². The highest BCUT2D eigenvalue weighted by atomic mass is 15.0. The van der Waals surface area contributed by atoms with E-state index in [2.05, 4.69) is 64.5 Å². The quantitative estimate of drug-likeness (QED) is 0.193. The van der Waals surface area contributed by atoms with Crippen molar-refractivity contribution in [3.63, 3.8) is 0 Å². The molecule has 0 atom stereocenters. The molecule has 9 nitrogen and oxygen atoms in total. The molecule has 0 amide bonds. The SMILES string of the molecule is [C-]#[N+]c1cc([N+]#[C-])cc(-c2ccc3c4ccccc4n(-c4ccc(-c5nc(C)nc(C)n5)cc4-c4nc(C)nc(C)n4)c3c2)c1. The van der Waals surface area contributed by atoms with Gasteiger partial charge < -0.3 is 4.57 Å². The standard InChI is InChI=1S/C36H25N9/c1-20-39-21(2)42-35(41-20)25-12-14-33(31(17-25)36-43-22(3)40-23(4)44-36)45-32-10-8-7-9-29(32)30-13-11-24(18-34(30)45)26-15-27(37-5)19-28(16-26)38-6/h7-19H,1-4H3. The summed E-state index contributed by atoms with van der Waals surface area (Å²) in [7, 11) is 0. The van der Waals surface area contributed by atoms with E-state index < -0.39 is 0 Å². The molecule has 7 rings (SSSR count). The number of rotatable bonds is 4. The van der Waals surface area contributed by atoms with Gasteiger partial charge in [0.2, 0.25) is 0 Å². The fourth-order valence-corrected chi connectivity index (χ4v) is 5.83. The van der Waals surface area contributed by atoms with Crippen molar-refractivity contribution < 1.29 is 0 Å². The van der Waals surface area contributed by atoms with Gasteiger partial charge in [0.15, 0.2) is 23.0 Å². The number of fused-ring (bicyclic) bond motifs is 3. The molecule has 0 N–H and O–H groups in total. The number of nitrogens with zero attached hydrogens (tertiary/aromatic N) is 9. The van der Waals surface area contributed by atoms with Gasteiger partial charge in [0.25, 0.3) is 0 Å². The van der Waals surface area contributed by atoms with Crippen LogP contribution in [-0.4, -0.2) is 34.5 Å². The van der Waals surface area contributed by atoms with Gasteiger partial charge >= 0.3 is 0 Å². The van der Waals surface area contributed by atoms with Crippen LogP contribution in [0.15, 0.2) is 78.9 Å². The summed E-state index contributed by atoms with van der Waals surface area (Å²) < 4.78 is 2.22. The van der Waals surface area contributed by atoms with Crippen LogP contribution in [0.2, 0.25) is 0 Å². The monoisotopic (exact) mass is 583 g/mol. The molecule has 7 aromatic rings. The predicted octanol–water partition coefficient (Wildman–Crippen LogP) is 8.49. The zero-order chi connectivity index (χ0) is 31.2. The number of hydrogen-bond acceptors (Lipinski definition) is 6. The van der Waals surface area contributed by atoms with Crippen LogP contribution >= 0.6 is 0 Å². The molecule has 0 saturated heterocycles. The Bertz CT molecular complexity index is 2340. The minimum atomic E-state index is 0.432. The average Bonchev–Trinajstić information content (AvgIpc) is 3.36. The Morgan fingerprint density at radius 1 is 0.511 bits per heavy atom. The van der Waals surface area contributed by atoms with Crippen LogP contribution in [-0.2, 0) is 0 Å². The third-order valence-corrected chi connectivity index (χ3v) is 7.62. The van der Waals surface area contributed by atoms with Gasteiger partial charge in [-0.1, -0.05) is 48.5 Å². The van der Waals surface area contributed by atoms with E-state index in [4.69, 9.17) is 23.1 Å². The minimum absolute atomic E-state index is 0.432. The molecule has 0 fully saturated rings. The largest absolute Gasteiger partial charge is 0.308 e. The van der Waals surface area contributed by atoms with Gasteiger partial charge in [-0.05, 0) is 69.2 Å². The first-order chi connectivity index (χ1) is 21.8. The maximum Gasteiger partial charge on any atom is 0.177 e. The van der Waals surface area contributed by atoms with E-state index in [-0.39, 0.29) is 0 Å². The van der Waals surface area contributed by atoms with E-state index in [1.807, 2.05) is 70.2 Å². The normalized spacial score (nSPS) is 11.1. The number of hydrogen-bond donors (Lipinski definition) is 0. The zero-order valence-corrected chi connectivity index (χ0v) is 25.0. The van der Waals surface area contributed by atoms with Crippen LogP contribution in [0.3, 0.4) is 0 Å². The molecule has 214 valence electrons. The van der Waals surface area contributed by atoms with Crippen molar-refractivity contribution in [2.45, 2.75) is 27.7 Å². The summed E-state index contributed by atoms with van der Waals surface area (Å²) in [6.45, 7) is 22.5. The predicted molar refractivity (Wildman–Crippen MR) is 175 cm³/mol. The fraction of sp³-hybridized carbons (Fsp3) is 0.111. The van der Waals surface area contributed by atoms with Crippen LogP contribution in [0.4, 0.5) is 11.4 Å². The third-order valence-electron chi connectivity index (χ3n) is 7.62. The van der Waals surface area contributed by atoms with Gasteiger partial charge in [0, 0.05) is 21.9 Å². The first-order valence-electron chi connectivity index (χ1n) is 14.3. The van der Waals surface area contributed by atoms with Crippen LogP contribution in [0.5, 0.6) is 0 Å². The van der Waals surface area contributed by atoms with Crippen molar-refractivity contribution >= 4 is 33.2 Å². The summed E-state index contributed by atoms with van der Waals surface area (Å²) in [6, 6.07) is 25.9. The molecule has 0 aliphatic heterocycles. The highest BCUT2D eigenvalue weighted by Gasteiger charge is 2.20. The van der Waals surface area contributed by atoms with Gasteiger partial charge in [-0.3, -0.25) is 0 Å². The smallest absolute Gasteiger partial charge is 0.177 e. The molecule has 0 spiro atoms. The Morgan fingerprint density at radius 3 is 1.73 bits per heavy atom. The Labute approximate surface area is 259 Å². The van der Waals surface area contributed by atoms with Crippen molar-refractivity contribution in [2.24, 2.45) is 0 Å². The van der Waals surface area contributed by atoms with Crippen LogP contribution < -0.4 is 0 Å². The number of aryl methyl sites for hydroxylation is 4. The van der Waals surface area contributed by atoms with E-state index in [0.717, 1.165) is 49.7 Å². The van der Waals surface area contributed by atoms with Crippen molar-refractivity contribution in [1.29, 1.82) is 0 Å². The van der Waals surface area contributed by atoms with E-state index in [9.17, 15) is 0 Å². The van der Waals surface area contributed by atoms with Gasteiger partial charge in [0.05, 0.1) is 29.9 Å². The molecule has 0 radical (unpaired) electrons. The maximum absolute atomic E-state index is 7.55. The lowest BCUT2D eigenvalue weighted by atomic mass is 10.0. The second kappa shape index (κ2) is 10.7. The molecule has 3 aromatic heterocycles. The molecule has 9 heteroatoms. The fourth-order valence-electron chi connectivity index (χ4n) is 5.83. The van der Waals surface area contributed by atoms with Crippen molar-refractivity contribution in [1.82, 2.24) is 34.5 Å². The molecule has 0 saturated carbocycles. The van der Waals surface area contributed by atoms with Gasteiger partial charge in [-0.15, -0.1) is 0 Å². The first-order valence-corrected chi connectivity index (χ1v) is 14.3. The second-order valence-electron chi connectivity index (χ2n) is 10.8. The topological polar surface area (TPSA) is 91.0 Å². The summed E-state index contributed by atoms with van der Waals surface area (Å²) in [5.41, 5.74) is 7.07. The maximum atomic E-state index is 7.55. The summed E-state index contributed by atoms with van der Waals surface area (Å²) in [6.07, 6.45) is 0. The molecule has 0 bridgehead atoms. The van der Waals surface area contributed by atoms with Crippen LogP contribution in [0.25, 0.3) is 71.1 Å². The summed E-state index contributed by atoms with van der Waals surface area (Å²) in [5, 5.41) is 2.17. The number of para-hydroxylation sites is 1. The molecule has 3 heterocycles. The summed E-state index contributed by atoms with van der Waals surface area (Å²) in [5.74, 6) is 3.67. The Kier molecular flexibility index (Phi) is 6.57. The van der Waals surface area contributed by atoms with Crippen LogP contribution in [0, 0.1) is 40.8 Å². The Hall–Kier alpha value is -6.32. The van der Waals surface area contributed by atoms with Gasteiger partial charge in [-0.2, -0.15) is 0 Å². The Morgan fingerprint density at radius 2 is 1.09 bits per heavy atom. The van der Waals surface area contributed by atoms with Crippen molar-refractivity contribution in [3.05, 3.63) is 125 Å². The molecular formula is C36H25N9. The minimum Gasteiger partial charge on any atom is -0.308 e. The molecule has 0 unspecified atom stereocenters. The average molecular weight is 584 g/mol. The van der Waals surface area contributed by atoms with Gasteiger partial charge in [-0.25, -0.2) is 39.6 Å². The van der Waals surface area contributed by atoms with E-state index in [0.29, 0.717) is 46.3 Å². The molecular weight excluding hydrogens is 558 g/mol. The highest BCUT2D eigenvalue weighted by Crippen LogP contribution is 2.39. The molecule has 0 aliphatic rings. The third kappa shape index (κ3) is 4.93. The van der Waals surface area contributed by atoms with Crippen molar-refractivity contribution in [3.8, 4) is 39.6 Å². The van der Waals surface area contributed by atoms with Crippen LogP contribution in [0.1, 0.15) is 23.3 Å². The molecule has 45 heavy (non-hydrogen) atoms. The van der Waals surface area contributed by atoms with E-state index in [1.165, 1.54) is 0 Å². The Balaban J connectivity index is 1.55. The first kappa shape index (κ1) is 27.5. The lowest BCUT2D eigenvalue weighted by molar-refractivity contribution is 0.924. The second-order valence-corrected chi connectivity index (χ2v) is 10.8. The number of benzene rings is 4. The molecule has 0 aliphatic carbocycles.